The van der Waals surface area contributed by atoms with Crippen LogP contribution in [0.25, 0.3) is 0 Å². The van der Waals surface area contributed by atoms with Crippen LogP contribution in [-0.2, 0) is 14.4 Å². The van der Waals surface area contributed by atoms with E-state index in [0.717, 1.165) is 0 Å². The molecule has 1 aliphatic heterocycles. The lowest BCUT2D eigenvalue weighted by Gasteiger charge is -2.24. The molecule has 2 aromatic rings. The van der Waals surface area contributed by atoms with Crippen LogP contribution in [0.1, 0.15) is 34.7 Å². The molecule has 0 radical (unpaired) electrons. The highest BCUT2D eigenvalue weighted by Gasteiger charge is 2.26. The molecule has 0 aliphatic carbocycles. The lowest BCUT2D eigenvalue weighted by molar-refractivity contribution is -0.124. The van der Waals surface area contributed by atoms with E-state index in [9.17, 15) is 19.2 Å². The van der Waals surface area contributed by atoms with E-state index < -0.39 is 11.9 Å². The maximum absolute atomic E-state index is 13.0. The van der Waals surface area contributed by atoms with Gasteiger partial charge in [0, 0.05) is 56.0 Å². The van der Waals surface area contributed by atoms with Gasteiger partial charge in [0.15, 0.2) is 0 Å². The quantitative estimate of drug-likeness (QED) is 0.338. The van der Waals surface area contributed by atoms with Crippen LogP contribution in [0, 0.1) is 5.92 Å². The highest BCUT2D eigenvalue weighted by Crippen LogP contribution is 2.10. The third-order valence-corrected chi connectivity index (χ3v) is 5.23. The first-order valence-electron chi connectivity index (χ1n) is 11.6. The van der Waals surface area contributed by atoms with Crippen molar-refractivity contribution in [1.82, 2.24) is 30.8 Å². The van der Waals surface area contributed by atoms with Crippen LogP contribution in [0.4, 0.5) is 5.69 Å². The number of carboxylic acid groups (broad SMARTS) is 1. The summed E-state index contributed by atoms with van der Waals surface area (Å²) in [6, 6.07) is 5.62. The van der Waals surface area contributed by atoms with Gasteiger partial charge in [-0.3, -0.25) is 33.9 Å². The number of fused-ring (bicyclic) bond motifs is 2. The standard InChI is InChI=1S/C23H29N7O4.CH2O2/c1-15(2)20-22(33)28-11-12-30(23(34)16-3-6-24-7-4-16)14-19(31)27-10-9-25-17-5-8-26-18(13-17)21(32)29-20;2-1-3/h3-8,13,15,20,25H,9-12,14H2,1-2H3,(H,27,31)(H,28,33)(H,29,32);1H,(H,2,3)/t20-;/m0./s1. The number of carbonyl (C=O) groups is 5. The number of nitrogens with zero attached hydrogens (tertiary/aromatic N) is 3. The van der Waals surface area contributed by atoms with Crippen molar-refractivity contribution in [2.45, 2.75) is 19.9 Å². The van der Waals surface area contributed by atoms with E-state index in [4.69, 9.17) is 9.90 Å². The molecule has 0 fully saturated rings. The van der Waals surface area contributed by atoms with Crippen molar-refractivity contribution >= 4 is 35.8 Å². The Bertz CT molecular complexity index is 1080. The second kappa shape index (κ2) is 14.8. The molecule has 1 atom stereocenters. The molecule has 4 amide bonds. The van der Waals surface area contributed by atoms with Crippen LogP contribution < -0.4 is 21.3 Å². The molecule has 5 N–H and O–H groups in total. The minimum absolute atomic E-state index is 0.108. The van der Waals surface area contributed by atoms with Crippen LogP contribution in [-0.4, -0.2) is 88.8 Å². The molecule has 198 valence electrons. The lowest BCUT2D eigenvalue weighted by Crippen LogP contribution is -2.51. The fourth-order valence-corrected chi connectivity index (χ4v) is 3.41. The average Bonchev–Trinajstić information content (AvgIpc) is 2.89. The Morgan fingerprint density at radius 2 is 1.73 bits per heavy atom. The molecule has 3 rings (SSSR count). The molecule has 2 bridgehead atoms. The van der Waals surface area contributed by atoms with E-state index in [2.05, 4.69) is 31.2 Å². The van der Waals surface area contributed by atoms with Crippen LogP contribution in [0.3, 0.4) is 0 Å². The number of pyridine rings is 2. The summed E-state index contributed by atoms with van der Waals surface area (Å²) in [5.74, 6) is -1.72. The van der Waals surface area contributed by atoms with Crippen molar-refractivity contribution in [3.63, 3.8) is 0 Å². The van der Waals surface area contributed by atoms with Gasteiger partial charge in [0.2, 0.25) is 11.8 Å². The van der Waals surface area contributed by atoms with Gasteiger partial charge < -0.3 is 31.3 Å². The normalized spacial score (nSPS) is 17.1. The largest absolute Gasteiger partial charge is 0.483 e. The van der Waals surface area contributed by atoms with Crippen molar-refractivity contribution in [3.05, 3.63) is 54.1 Å². The number of rotatable bonds is 2. The number of hydrogen-bond donors (Lipinski definition) is 5. The summed E-state index contributed by atoms with van der Waals surface area (Å²) >= 11 is 0. The summed E-state index contributed by atoms with van der Waals surface area (Å²) in [7, 11) is 0. The zero-order chi connectivity index (χ0) is 27.2. The summed E-state index contributed by atoms with van der Waals surface area (Å²) < 4.78 is 0. The maximum atomic E-state index is 13.0. The Morgan fingerprint density at radius 1 is 1.05 bits per heavy atom. The smallest absolute Gasteiger partial charge is 0.290 e. The highest BCUT2D eigenvalue weighted by atomic mass is 16.3. The lowest BCUT2D eigenvalue weighted by atomic mass is 10.0. The fraction of sp³-hybridized carbons (Fsp3) is 0.375. The minimum Gasteiger partial charge on any atom is -0.483 e. The van der Waals surface area contributed by atoms with E-state index in [1.54, 1.807) is 24.3 Å². The zero-order valence-electron chi connectivity index (χ0n) is 20.6. The molecule has 0 saturated heterocycles. The predicted octanol–water partition coefficient (Wildman–Crippen LogP) is -0.268. The van der Waals surface area contributed by atoms with Crippen molar-refractivity contribution in [1.29, 1.82) is 0 Å². The monoisotopic (exact) mass is 513 g/mol. The third kappa shape index (κ3) is 9.20. The first-order chi connectivity index (χ1) is 17.8. The summed E-state index contributed by atoms with van der Waals surface area (Å²) in [4.78, 5) is 68.8. The van der Waals surface area contributed by atoms with E-state index >= 15 is 0 Å². The molecule has 1 aliphatic rings. The Hall–Kier alpha value is -4.55. The van der Waals surface area contributed by atoms with Crippen LogP contribution in [0.15, 0.2) is 42.9 Å². The predicted molar refractivity (Wildman–Crippen MR) is 134 cm³/mol. The molecular weight excluding hydrogens is 482 g/mol. The first kappa shape index (κ1) is 28.7. The van der Waals surface area contributed by atoms with Gasteiger partial charge in [0.1, 0.15) is 11.7 Å². The zero-order valence-corrected chi connectivity index (χ0v) is 20.6. The van der Waals surface area contributed by atoms with Crippen molar-refractivity contribution in [2.75, 3.05) is 38.0 Å². The van der Waals surface area contributed by atoms with E-state index in [0.29, 0.717) is 24.3 Å². The number of amides is 4. The van der Waals surface area contributed by atoms with Crippen LogP contribution >= 0.6 is 0 Å². The molecule has 13 nitrogen and oxygen atoms in total. The number of hydrogen-bond acceptors (Lipinski definition) is 8. The maximum Gasteiger partial charge on any atom is 0.290 e. The summed E-state index contributed by atoms with van der Waals surface area (Å²) in [5, 5.41) is 18.3. The van der Waals surface area contributed by atoms with E-state index in [1.807, 2.05) is 13.8 Å². The summed E-state index contributed by atoms with van der Waals surface area (Å²) in [5.41, 5.74) is 1.21. The van der Waals surface area contributed by atoms with Gasteiger partial charge in [0.25, 0.3) is 18.3 Å². The Labute approximate surface area is 214 Å². The average molecular weight is 514 g/mol. The van der Waals surface area contributed by atoms with Gasteiger partial charge in [-0.2, -0.15) is 0 Å². The Balaban J connectivity index is 0.00000153. The number of nitrogens with one attached hydrogen (secondary N) is 4. The molecule has 0 aromatic carbocycles. The van der Waals surface area contributed by atoms with Crippen LogP contribution in [0.2, 0.25) is 0 Å². The molecule has 0 saturated carbocycles. The second-order valence-corrected chi connectivity index (χ2v) is 8.26. The third-order valence-electron chi connectivity index (χ3n) is 5.23. The van der Waals surface area contributed by atoms with Gasteiger partial charge in [-0.05, 0) is 30.2 Å². The number of carbonyl (C=O) groups excluding carboxylic acids is 4. The molecule has 37 heavy (non-hydrogen) atoms. The first-order valence-corrected chi connectivity index (χ1v) is 11.6. The Kier molecular flexibility index (Phi) is 11.4. The second-order valence-electron chi connectivity index (χ2n) is 8.26. The SMILES string of the molecule is CC(C)[C@@H]1NC(=O)c2cc(ccn2)NCCNC(=O)CN(C(=O)c2ccncc2)CCNC1=O.O=CO. The van der Waals surface area contributed by atoms with Crippen molar-refractivity contribution in [2.24, 2.45) is 5.92 Å². The molecule has 2 aromatic heterocycles. The van der Waals surface area contributed by atoms with E-state index in [-0.39, 0.29) is 55.4 Å². The number of anilines is 1. The molecular formula is C24H31N7O6. The van der Waals surface area contributed by atoms with Crippen molar-refractivity contribution in [3.8, 4) is 0 Å². The van der Waals surface area contributed by atoms with Gasteiger partial charge >= 0.3 is 0 Å². The van der Waals surface area contributed by atoms with Gasteiger partial charge in [0.05, 0.1) is 6.54 Å². The molecule has 13 heteroatoms. The summed E-state index contributed by atoms with van der Waals surface area (Å²) in [6.45, 7) is 4.16. The van der Waals surface area contributed by atoms with Gasteiger partial charge in [-0.25, -0.2) is 0 Å². The number of aromatic nitrogens is 2. The molecule has 3 heterocycles. The van der Waals surface area contributed by atoms with Crippen LogP contribution in [0.5, 0.6) is 0 Å². The Morgan fingerprint density at radius 3 is 2.41 bits per heavy atom. The minimum atomic E-state index is -0.797. The molecule has 0 spiro atoms. The van der Waals surface area contributed by atoms with Gasteiger partial charge in [-0.15, -0.1) is 0 Å². The molecule has 0 unspecified atom stereocenters. The van der Waals surface area contributed by atoms with Gasteiger partial charge in [-0.1, -0.05) is 13.8 Å². The fourth-order valence-electron chi connectivity index (χ4n) is 3.41. The highest BCUT2D eigenvalue weighted by molar-refractivity contribution is 5.97. The van der Waals surface area contributed by atoms with Crippen molar-refractivity contribution < 1.29 is 29.1 Å². The topological polar surface area (TPSA) is 183 Å². The summed E-state index contributed by atoms with van der Waals surface area (Å²) in [6.07, 6.45) is 4.50. The van der Waals surface area contributed by atoms with E-state index in [1.165, 1.54) is 23.5 Å².